The van der Waals surface area contributed by atoms with E-state index in [9.17, 15) is 0 Å². The molecule has 4 rings (SSSR count). The maximum Gasteiger partial charge on any atom is 0.0519 e. The minimum atomic E-state index is 0.442. The molecule has 0 fully saturated rings. The van der Waals surface area contributed by atoms with Crippen molar-refractivity contribution in [3.05, 3.63) is 77.9 Å². The van der Waals surface area contributed by atoms with Gasteiger partial charge in [-0.2, -0.15) is 0 Å². The Kier molecular flexibility index (Phi) is 2.70. The minimum Gasteiger partial charge on any atom is -0.378 e. The molecule has 1 unspecified atom stereocenters. The first-order valence-electron chi connectivity index (χ1n) is 7.24. The van der Waals surface area contributed by atoms with Crippen LogP contribution in [0.15, 0.2) is 66.7 Å². The molecule has 0 radical (unpaired) electrons. The molecule has 1 heteroatoms. The summed E-state index contributed by atoms with van der Waals surface area (Å²) in [7, 11) is 0. The molecule has 0 saturated heterocycles. The highest BCUT2D eigenvalue weighted by atomic mass is 14.9. The van der Waals surface area contributed by atoms with Crippen LogP contribution in [-0.2, 0) is 6.42 Å². The number of hydrogen-bond donors (Lipinski definition) is 1. The average Bonchev–Trinajstić information content (AvgIpc) is 2.91. The molecule has 98 valence electrons. The van der Waals surface area contributed by atoms with Crippen molar-refractivity contribution in [3.8, 4) is 0 Å². The minimum absolute atomic E-state index is 0.442. The maximum absolute atomic E-state index is 3.74. The van der Waals surface area contributed by atoms with E-state index in [-0.39, 0.29) is 0 Å². The lowest BCUT2D eigenvalue weighted by molar-refractivity contribution is 0.763. The van der Waals surface area contributed by atoms with Crippen LogP contribution in [0.25, 0.3) is 10.8 Å². The van der Waals surface area contributed by atoms with Crippen molar-refractivity contribution in [1.82, 2.24) is 0 Å². The van der Waals surface area contributed by atoms with Gasteiger partial charge in [0.15, 0.2) is 0 Å². The Bertz CT molecular complexity index is 755. The van der Waals surface area contributed by atoms with Gasteiger partial charge >= 0.3 is 0 Å². The van der Waals surface area contributed by atoms with E-state index in [0.717, 1.165) is 0 Å². The Morgan fingerprint density at radius 3 is 2.60 bits per heavy atom. The fourth-order valence-electron chi connectivity index (χ4n) is 3.25. The summed E-state index contributed by atoms with van der Waals surface area (Å²) >= 11 is 0. The van der Waals surface area contributed by atoms with Crippen LogP contribution in [0.4, 0.5) is 5.69 Å². The maximum atomic E-state index is 3.74. The quantitative estimate of drug-likeness (QED) is 0.687. The fourth-order valence-corrected chi connectivity index (χ4v) is 3.25. The van der Waals surface area contributed by atoms with E-state index in [0.29, 0.717) is 6.04 Å². The summed E-state index contributed by atoms with van der Waals surface area (Å²) in [6.45, 7) is 0. The predicted molar refractivity (Wildman–Crippen MR) is 85.1 cm³/mol. The molecular weight excluding hydrogens is 242 g/mol. The van der Waals surface area contributed by atoms with Gasteiger partial charge in [0.05, 0.1) is 6.04 Å². The predicted octanol–water partition coefficient (Wildman–Crippen LogP) is 4.94. The molecule has 1 aliphatic carbocycles. The van der Waals surface area contributed by atoms with Gasteiger partial charge in [-0.1, -0.05) is 60.7 Å². The summed E-state index contributed by atoms with van der Waals surface area (Å²) in [5.74, 6) is 0. The van der Waals surface area contributed by atoms with Crippen molar-refractivity contribution >= 4 is 16.5 Å². The smallest absolute Gasteiger partial charge is 0.0519 e. The SMILES string of the molecule is c1ccc2c(c1)CCC2Nc1cccc2ccccc12. The van der Waals surface area contributed by atoms with E-state index in [1.807, 2.05) is 0 Å². The van der Waals surface area contributed by atoms with Gasteiger partial charge in [0, 0.05) is 11.1 Å². The van der Waals surface area contributed by atoms with Crippen molar-refractivity contribution in [2.75, 3.05) is 5.32 Å². The highest BCUT2D eigenvalue weighted by molar-refractivity contribution is 5.93. The highest BCUT2D eigenvalue weighted by Crippen LogP contribution is 2.35. The molecule has 20 heavy (non-hydrogen) atoms. The Balaban J connectivity index is 1.73. The Morgan fingerprint density at radius 2 is 1.60 bits per heavy atom. The number of anilines is 1. The number of hydrogen-bond acceptors (Lipinski definition) is 1. The van der Waals surface area contributed by atoms with E-state index in [4.69, 9.17) is 0 Å². The zero-order chi connectivity index (χ0) is 13.4. The Morgan fingerprint density at radius 1 is 0.800 bits per heavy atom. The zero-order valence-corrected chi connectivity index (χ0v) is 11.3. The van der Waals surface area contributed by atoms with Gasteiger partial charge in [0.25, 0.3) is 0 Å². The van der Waals surface area contributed by atoms with Gasteiger partial charge in [0.2, 0.25) is 0 Å². The van der Waals surface area contributed by atoms with Crippen LogP contribution in [0.1, 0.15) is 23.6 Å². The third kappa shape index (κ3) is 1.87. The second-order valence-electron chi connectivity index (χ2n) is 5.46. The molecule has 0 aliphatic heterocycles. The second kappa shape index (κ2) is 4.68. The molecule has 0 bridgehead atoms. The summed E-state index contributed by atoms with van der Waals surface area (Å²) in [6.07, 6.45) is 2.36. The van der Waals surface area contributed by atoms with E-state index >= 15 is 0 Å². The molecule has 0 heterocycles. The van der Waals surface area contributed by atoms with Crippen LogP contribution in [0.3, 0.4) is 0 Å². The van der Waals surface area contributed by atoms with E-state index in [1.165, 1.54) is 40.4 Å². The molecular formula is C19H17N. The number of benzene rings is 3. The van der Waals surface area contributed by atoms with Gasteiger partial charge < -0.3 is 5.32 Å². The standard InChI is InChI=1S/C19H17N/c1-3-9-16-14(6-1)8-5-11-18(16)20-19-13-12-15-7-2-4-10-17(15)19/h1-11,19-20H,12-13H2. The fraction of sp³-hybridized carbons (Fsp3) is 0.158. The first-order chi connectivity index (χ1) is 9.92. The summed E-state index contributed by atoms with van der Waals surface area (Å²) in [4.78, 5) is 0. The summed E-state index contributed by atoms with van der Waals surface area (Å²) in [5, 5.41) is 6.34. The molecule has 1 aliphatic rings. The lowest BCUT2D eigenvalue weighted by atomic mass is 10.1. The summed E-state index contributed by atoms with van der Waals surface area (Å²) < 4.78 is 0. The van der Waals surface area contributed by atoms with E-state index in [2.05, 4.69) is 72.0 Å². The summed E-state index contributed by atoms with van der Waals surface area (Å²) in [6, 6.07) is 24.3. The summed E-state index contributed by atoms with van der Waals surface area (Å²) in [5.41, 5.74) is 4.19. The van der Waals surface area contributed by atoms with Crippen LogP contribution in [0.2, 0.25) is 0 Å². The van der Waals surface area contributed by atoms with Gasteiger partial charge in [-0.25, -0.2) is 0 Å². The van der Waals surface area contributed by atoms with Crippen LogP contribution in [0, 0.1) is 0 Å². The number of fused-ring (bicyclic) bond motifs is 2. The van der Waals surface area contributed by atoms with E-state index in [1.54, 1.807) is 0 Å². The molecule has 0 spiro atoms. The molecule has 1 atom stereocenters. The highest BCUT2D eigenvalue weighted by Gasteiger charge is 2.21. The van der Waals surface area contributed by atoms with Crippen LogP contribution in [-0.4, -0.2) is 0 Å². The van der Waals surface area contributed by atoms with Gasteiger partial charge in [-0.15, -0.1) is 0 Å². The molecule has 0 amide bonds. The first-order valence-corrected chi connectivity index (χ1v) is 7.24. The number of nitrogens with one attached hydrogen (secondary N) is 1. The topological polar surface area (TPSA) is 12.0 Å². The average molecular weight is 259 g/mol. The molecule has 0 saturated carbocycles. The third-order valence-electron chi connectivity index (χ3n) is 4.25. The van der Waals surface area contributed by atoms with Crippen molar-refractivity contribution in [2.45, 2.75) is 18.9 Å². The van der Waals surface area contributed by atoms with Crippen molar-refractivity contribution in [2.24, 2.45) is 0 Å². The van der Waals surface area contributed by atoms with Crippen molar-refractivity contribution in [1.29, 1.82) is 0 Å². The third-order valence-corrected chi connectivity index (χ3v) is 4.25. The zero-order valence-electron chi connectivity index (χ0n) is 11.3. The first kappa shape index (κ1) is 11.5. The molecule has 1 N–H and O–H groups in total. The van der Waals surface area contributed by atoms with Crippen LogP contribution < -0.4 is 5.32 Å². The second-order valence-corrected chi connectivity index (χ2v) is 5.46. The number of aryl methyl sites for hydroxylation is 1. The molecule has 3 aromatic rings. The van der Waals surface area contributed by atoms with Crippen molar-refractivity contribution < 1.29 is 0 Å². The monoisotopic (exact) mass is 259 g/mol. The van der Waals surface area contributed by atoms with Gasteiger partial charge in [-0.3, -0.25) is 0 Å². The lowest BCUT2D eigenvalue weighted by Gasteiger charge is -2.17. The van der Waals surface area contributed by atoms with Gasteiger partial charge in [0.1, 0.15) is 0 Å². The molecule has 0 aromatic heterocycles. The van der Waals surface area contributed by atoms with Crippen LogP contribution in [0.5, 0.6) is 0 Å². The Labute approximate surface area is 119 Å². The number of rotatable bonds is 2. The van der Waals surface area contributed by atoms with Crippen molar-refractivity contribution in [3.63, 3.8) is 0 Å². The van der Waals surface area contributed by atoms with Crippen LogP contribution >= 0.6 is 0 Å². The Hall–Kier alpha value is -2.28. The molecule has 3 aromatic carbocycles. The lowest BCUT2D eigenvalue weighted by Crippen LogP contribution is -2.07. The normalized spacial score (nSPS) is 17.1. The van der Waals surface area contributed by atoms with E-state index < -0.39 is 0 Å². The largest absolute Gasteiger partial charge is 0.378 e. The van der Waals surface area contributed by atoms with Gasteiger partial charge in [-0.05, 0) is 35.4 Å². The molecule has 1 nitrogen and oxygen atoms in total.